The molecule has 5 heteroatoms. The summed E-state index contributed by atoms with van der Waals surface area (Å²) in [5.74, 6) is -1.40. The van der Waals surface area contributed by atoms with Crippen LogP contribution < -0.4 is 0 Å². The molecule has 0 radical (unpaired) electrons. The average Bonchev–Trinajstić information content (AvgIpc) is 2.91. The van der Waals surface area contributed by atoms with Crippen LogP contribution in [0.1, 0.15) is 15.9 Å². The molecule has 3 rings (SSSR count). The van der Waals surface area contributed by atoms with E-state index in [-0.39, 0.29) is 5.69 Å². The van der Waals surface area contributed by atoms with Crippen LogP contribution in [0.4, 0.5) is 8.78 Å². The summed E-state index contributed by atoms with van der Waals surface area (Å²) in [6, 6.07) is 10.7. The van der Waals surface area contributed by atoms with Crippen molar-refractivity contribution in [2.45, 2.75) is 6.92 Å². The Labute approximate surface area is 125 Å². The Bertz CT molecular complexity index is 856. The first-order valence-electron chi connectivity index (χ1n) is 6.66. The van der Waals surface area contributed by atoms with E-state index in [1.807, 2.05) is 31.2 Å². The van der Waals surface area contributed by atoms with Gasteiger partial charge in [0, 0.05) is 17.8 Å². The van der Waals surface area contributed by atoms with Gasteiger partial charge in [-0.05, 0) is 24.6 Å². The van der Waals surface area contributed by atoms with Gasteiger partial charge in [0.15, 0.2) is 12.1 Å². The molecule has 0 aliphatic carbocycles. The number of hydrogen-bond acceptors (Lipinski definition) is 2. The predicted molar refractivity (Wildman–Crippen MR) is 79.0 cm³/mol. The Morgan fingerprint density at radius 2 is 1.91 bits per heavy atom. The third kappa shape index (κ3) is 2.41. The number of halogens is 2. The molecule has 0 fully saturated rings. The fourth-order valence-electron chi connectivity index (χ4n) is 2.31. The van der Waals surface area contributed by atoms with Crippen LogP contribution in [0.5, 0.6) is 0 Å². The number of rotatable bonds is 3. The van der Waals surface area contributed by atoms with Crippen molar-refractivity contribution in [1.82, 2.24) is 9.78 Å². The number of aromatic nitrogens is 2. The molecule has 0 aliphatic heterocycles. The summed E-state index contributed by atoms with van der Waals surface area (Å²) < 4.78 is 28.1. The number of carbonyl (C=O) groups excluding carboxylic acids is 1. The van der Waals surface area contributed by atoms with E-state index >= 15 is 0 Å². The highest BCUT2D eigenvalue weighted by Crippen LogP contribution is 2.26. The van der Waals surface area contributed by atoms with Crippen LogP contribution in [-0.4, -0.2) is 16.1 Å². The molecule has 110 valence electrons. The maximum absolute atomic E-state index is 13.9. The maximum Gasteiger partial charge on any atom is 0.153 e. The predicted octanol–water partition coefficient (Wildman–Crippen LogP) is 3.94. The summed E-state index contributed by atoms with van der Waals surface area (Å²) in [7, 11) is 0. The van der Waals surface area contributed by atoms with Gasteiger partial charge in [0.1, 0.15) is 17.2 Å². The van der Waals surface area contributed by atoms with Gasteiger partial charge in [-0.2, -0.15) is 5.10 Å². The van der Waals surface area contributed by atoms with Crippen molar-refractivity contribution in [2.75, 3.05) is 0 Å². The summed E-state index contributed by atoms with van der Waals surface area (Å²) in [5.41, 5.74) is 2.65. The van der Waals surface area contributed by atoms with Gasteiger partial charge in [0.05, 0.1) is 5.56 Å². The number of carbonyl (C=O) groups is 1. The molecule has 1 heterocycles. The third-order valence-corrected chi connectivity index (χ3v) is 3.43. The van der Waals surface area contributed by atoms with Gasteiger partial charge in [-0.3, -0.25) is 4.79 Å². The van der Waals surface area contributed by atoms with Gasteiger partial charge in [-0.25, -0.2) is 13.5 Å². The minimum absolute atomic E-state index is 0.0873. The zero-order valence-electron chi connectivity index (χ0n) is 11.8. The smallest absolute Gasteiger partial charge is 0.153 e. The second kappa shape index (κ2) is 5.52. The number of nitrogens with zero attached hydrogens (tertiary/aromatic N) is 2. The third-order valence-electron chi connectivity index (χ3n) is 3.43. The van der Waals surface area contributed by atoms with Crippen LogP contribution in [-0.2, 0) is 0 Å². The molecule has 1 aromatic heterocycles. The topological polar surface area (TPSA) is 34.9 Å². The SMILES string of the molecule is Cc1ccccc1-c1nn(-c2ccc(F)cc2F)cc1C=O. The lowest BCUT2D eigenvalue weighted by Crippen LogP contribution is -1.99. The van der Waals surface area contributed by atoms with Crippen molar-refractivity contribution in [3.05, 3.63) is 71.4 Å². The van der Waals surface area contributed by atoms with E-state index in [9.17, 15) is 13.6 Å². The quantitative estimate of drug-likeness (QED) is 0.686. The van der Waals surface area contributed by atoms with E-state index < -0.39 is 11.6 Å². The number of aldehydes is 1. The van der Waals surface area contributed by atoms with Crippen LogP contribution in [0.2, 0.25) is 0 Å². The number of benzene rings is 2. The summed E-state index contributed by atoms with van der Waals surface area (Å²) in [6.07, 6.45) is 2.11. The molecule has 0 spiro atoms. The Morgan fingerprint density at radius 1 is 1.14 bits per heavy atom. The summed E-state index contributed by atoms with van der Waals surface area (Å²) in [5, 5.41) is 4.30. The van der Waals surface area contributed by atoms with Crippen molar-refractivity contribution in [1.29, 1.82) is 0 Å². The summed E-state index contributed by atoms with van der Waals surface area (Å²) in [4.78, 5) is 11.3. The molecule has 0 amide bonds. The lowest BCUT2D eigenvalue weighted by molar-refractivity contribution is 0.112. The van der Waals surface area contributed by atoms with E-state index in [0.29, 0.717) is 17.5 Å². The molecular weight excluding hydrogens is 286 g/mol. The van der Waals surface area contributed by atoms with E-state index in [1.54, 1.807) is 0 Å². The minimum Gasteiger partial charge on any atom is -0.298 e. The molecule has 3 aromatic rings. The van der Waals surface area contributed by atoms with Gasteiger partial charge in [-0.15, -0.1) is 0 Å². The van der Waals surface area contributed by atoms with E-state index in [0.717, 1.165) is 23.3 Å². The highest BCUT2D eigenvalue weighted by molar-refractivity contribution is 5.86. The van der Waals surface area contributed by atoms with Crippen molar-refractivity contribution >= 4 is 6.29 Å². The van der Waals surface area contributed by atoms with Crippen molar-refractivity contribution in [2.24, 2.45) is 0 Å². The first kappa shape index (κ1) is 14.1. The highest BCUT2D eigenvalue weighted by atomic mass is 19.1. The molecule has 0 atom stereocenters. The van der Waals surface area contributed by atoms with Crippen LogP contribution >= 0.6 is 0 Å². The van der Waals surface area contributed by atoms with Gasteiger partial charge in [0.25, 0.3) is 0 Å². The average molecular weight is 298 g/mol. The summed E-state index contributed by atoms with van der Waals surface area (Å²) >= 11 is 0. The molecule has 22 heavy (non-hydrogen) atoms. The second-order valence-electron chi connectivity index (χ2n) is 4.91. The summed E-state index contributed by atoms with van der Waals surface area (Å²) in [6.45, 7) is 1.90. The Kier molecular flexibility index (Phi) is 3.55. The van der Waals surface area contributed by atoms with E-state index in [4.69, 9.17) is 0 Å². The molecule has 0 aliphatic rings. The normalized spacial score (nSPS) is 10.7. The molecule has 0 bridgehead atoms. The van der Waals surface area contributed by atoms with Crippen LogP contribution in [0.25, 0.3) is 16.9 Å². The van der Waals surface area contributed by atoms with Crippen molar-refractivity contribution < 1.29 is 13.6 Å². The molecule has 0 unspecified atom stereocenters. The lowest BCUT2D eigenvalue weighted by atomic mass is 10.0. The van der Waals surface area contributed by atoms with Crippen molar-refractivity contribution in [3.63, 3.8) is 0 Å². The molecule has 2 aromatic carbocycles. The Balaban J connectivity index is 2.17. The number of aryl methyl sites for hydroxylation is 1. The monoisotopic (exact) mass is 298 g/mol. The highest BCUT2D eigenvalue weighted by Gasteiger charge is 2.15. The number of hydrogen-bond donors (Lipinski definition) is 0. The van der Waals surface area contributed by atoms with Gasteiger partial charge < -0.3 is 0 Å². The first-order chi connectivity index (χ1) is 10.6. The molecule has 0 saturated carbocycles. The van der Waals surface area contributed by atoms with Crippen molar-refractivity contribution in [3.8, 4) is 16.9 Å². The van der Waals surface area contributed by atoms with E-state index in [1.165, 1.54) is 16.9 Å². The zero-order chi connectivity index (χ0) is 15.7. The van der Waals surface area contributed by atoms with Gasteiger partial charge in [0.2, 0.25) is 0 Å². The molecule has 0 saturated heterocycles. The van der Waals surface area contributed by atoms with Gasteiger partial charge >= 0.3 is 0 Å². The Hall–Kier alpha value is -2.82. The fourth-order valence-corrected chi connectivity index (χ4v) is 2.31. The lowest BCUT2D eigenvalue weighted by Gasteiger charge is -2.04. The largest absolute Gasteiger partial charge is 0.298 e. The van der Waals surface area contributed by atoms with E-state index in [2.05, 4.69) is 5.10 Å². The molecule has 0 N–H and O–H groups in total. The van der Waals surface area contributed by atoms with Crippen LogP contribution in [0.15, 0.2) is 48.7 Å². The minimum atomic E-state index is -0.740. The van der Waals surface area contributed by atoms with Gasteiger partial charge in [-0.1, -0.05) is 24.3 Å². The molecule has 3 nitrogen and oxygen atoms in total. The molecular formula is C17H12F2N2O. The maximum atomic E-state index is 13.9. The first-order valence-corrected chi connectivity index (χ1v) is 6.66. The standard InChI is InChI=1S/C17H12F2N2O/c1-11-4-2-3-5-14(11)17-12(10-22)9-21(20-17)16-7-6-13(18)8-15(16)19/h2-10H,1H3. The van der Waals surface area contributed by atoms with Crippen LogP contribution in [0.3, 0.4) is 0 Å². The fraction of sp³-hybridized carbons (Fsp3) is 0.0588. The zero-order valence-corrected chi connectivity index (χ0v) is 11.8. The Morgan fingerprint density at radius 3 is 2.59 bits per heavy atom. The second-order valence-corrected chi connectivity index (χ2v) is 4.91. The van der Waals surface area contributed by atoms with Crippen LogP contribution in [0, 0.1) is 18.6 Å².